The van der Waals surface area contributed by atoms with Crippen LogP contribution in [0, 0.1) is 0 Å². The van der Waals surface area contributed by atoms with Crippen LogP contribution in [0.1, 0.15) is 23.7 Å². The molecule has 0 bridgehead atoms. The molecule has 5 nitrogen and oxygen atoms in total. The van der Waals surface area contributed by atoms with Crippen molar-refractivity contribution in [3.63, 3.8) is 0 Å². The Morgan fingerprint density at radius 2 is 1.94 bits per heavy atom. The number of aromatic nitrogens is 3. The second kappa shape index (κ2) is 6.03. The first-order chi connectivity index (χ1) is 8.40. The third-order valence-electron chi connectivity index (χ3n) is 2.61. The minimum Gasteiger partial charge on any atom is -0.271 e. The van der Waals surface area contributed by atoms with Gasteiger partial charge in [0.15, 0.2) is 0 Å². The molecule has 17 heavy (non-hydrogen) atoms. The summed E-state index contributed by atoms with van der Waals surface area (Å²) >= 11 is 0. The minimum absolute atomic E-state index is 0.0249. The molecule has 0 aliphatic heterocycles. The van der Waals surface area contributed by atoms with E-state index in [1.165, 1.54) is 5.56 Å². The molecule has 3 N–H and O–H groups in total. The molecule has 0 aromatic carbocycles. The molecule has 0 saturated carbocycles. The standard InChI is InChI=1S/C12H15N5/c13-17-11(12-9-15-7-8-16-12)2-1-10-3-5-14-6-4-10/h3-9,11,17H,1-2,13H2. The average Bonchev–Trinajstić information content (AvgIpc) is 2.42. The lowest BCUT2D eigenvalue weighted by molar-refractivity contribution is 0.502. The quantitative estimate of drug-likeness (QED) is 0.591. The molecule has 0 aliphatic rings. The topological polar surface area (TPSA) is 76.7 Å². The maximum atomic E-state index is 5.54. The highest BCUT2D eigenvalue weighted by Gasteiger charge is 2.10. The number of hydrazine groups is 1. The Morgan fingerprint density at radius 1 is 1.12 bits per heavy atom. The molecule has 2 aromatic heterocycles. The fraction of sp³-hybridized carbons (Fsp3) is 0.250. The minimum atomic E-state index is 0.0249. The molecule has 1 atom stereocenters. The predicted molar refractivity (Wildman–Crippen MR) is 64.7 cm³/mol. The van der Waals surface area contributed by atoms with E-state index in [1.807, 2.05) is 12.1 Å². The third kappa shape index (κ3) is 3.30. The van der Waals surface area contributed by atoms with E-state index < -0.39 is 0 Å². The summed E-state index contributed by atoms with van der Waals surface area (Å²) in [5, 5.41) is 0. The van der Waals surface area contributed by atoms with E-state index in [2.05, 4.69) is 20.4 Å². The van der Waals surface area contributed by atoms with E-state index in [-0.39, 0.29) is 6.04 Å². The summed E-state index contributed by atoms with van der Waals surface area (Å²) in [6.07, 6.45) is 10.4. The van der Waals surface area contributed by atoms with E-state index in [0.29, 0.717) is 0 Å². The van der Waals surface area contributed by atoms with Gasteiger partial charge in [0.2, 0.25) is 0 Å². The van der Waals surface area contributed by atoms with Gasteiger partial charge < -0.3 is 0 Å². The van der Waals surface area contributed by atoms with Gasteiger partial charge in [-0.15, -0.1) is 0 Å². The van der Waals surface area contributed by atoms with Crippen molar-refractivity contribution in [2.45, 2.75) is 18.9 Å². The first kappa shape index (κ1) is 11.6. The summed E-state index contributed by atoms with van der Waals surface area (Å²) in [5.74, 6) is 5.54. The van der Waals surface area contributed by atoms with E-state index in [0.717, 1.165) is 18.5 Å². The molecule has 0 spiro atoms. The van der Waals surface area contributed by atoms with Gasteiger partial charge in [0, 0.05) is 24.8 Å². The van der Waals surface area contributed by atoms with E-state index in [4.69, 9.17) is 5.84 Å². The lowest BCUT2D eigenvalue weighted by atomic mass is 10.0. The number of nitrogens with one attached hydrogen (secondary N) is 1. The van der Waals surface area contributed by atoms with Crippen LogP contribution in [0.25, 0.3) is 0 Å². The van der Waals surface area contributed by atoms with E-state index in [1.54, 1.807) is 31.0 Å². The maximum Gasteiger partial charge on any atom is 0.0769 e. The predicted octanol–water partition coefficient (Wildman–Crippen LogP) is 1.01. The van der Waals surface area contributed by atoms with Crippen LogP contribution in [0.3, 0.4) is 0 Å². The van der Waals surface area contributed by atoms with Crippen LogP contribution in [0.5, 0.6) is 0 Å². The van der Waals surface area contributed by atoms with Crippen LogP contribution in [0.15, 0.2) is 43.1 Å². The van der Waals surface area contributed by atoms with Gasteiger partial charge in [-0.3, -0.25) is 26.2 Å². The van der Waals surface area contributed by atoms with Crippen LogP contribution >= 0.6 is 0 Å². The molecular weight excluding hydrogens is 214 g/mol. The Hall–Kier alpha value is -1.85. The lowest BCUT2D eigenvalue weighted by Crippen LogP contribution is -2.29. The van der Waals surface area contributed by atoms with Gasteiger partial charge >= 0.3 is 0 Å². The van der Waals surface area contributed by atoms with Gasteiger partial charge in [-0.25, -0.2) is 0 Å². The van der Waals surface area contributed by atoms with Crippen molar-refractivity contribution in [2.75, 3.05) is 0 Å². The fourth-order valence-corrected chi connectivity index (χ4v) is 1.67. The van der Waals surface area contributed by atoms with Crippen molar-refractivity contribution in [1.82, 2.24) is 20.4 Å². The molecule has 0 aliphatic carbocycles. The summed E-state index contributed by atoms with van der Waals surface area (Å²) in [6, 6.07) is 4.03. The summed E-state index contributed by atoms with van der Waals surface area (Å²) in [7, 11) is 0. The molecule has 0 amide bonds. The molecule has 2 rings (SSSR count). The van der Waals surface area contributed by atoms with Crippen molar-refractivity contribution < 1.29 is 0 Å². The number of pyridine rings is 1. The molecule has 2 heterocycles. The zero-order valence-electron chi connectivity index (χ0n) is 9.45. The van der Waals surface area contributed by atoms with Gasteiger partial charge in [0.1, 0.15) is 0 Å². The van der Waals surface area contributed by atoms with Crippen LogP contribution in [0.2, 0.25) is 0 Å². The van der Waals surface area contributed by atoms with Gasteiger partial charge in [0.25, 0.3) is 0 Å². The van der Waals surface area contributed by atoms with Crippen molar-refractivity contribution >= 4 is 0 Å². The third-order valence-corrected chi connectivity index (χ3v) is 2.61. The molecule has 0 radical (unpaired) electrons. The van der Waals surface area contributed by atoms with Crippen molar-refractivity contribution in [3.05, 3.63) is 54.4 Å². The average molecular weight is 229 g/mol. The SMILES string of the molecule is NNC(CCc1ccncc1)c1cnccn1. The highest BCUT2D eigenvalue weighted by molar-refractivity contribution is 5.11. The molecule has 0 saturated heterocycles. The maximum absolute atomic E-state index is 5.54. The molecule has 0 fully saturated rings. The molecule has 2 aromatic rings. The Labute approximate surface area is 100 Å². The lowest BCUT2D eigenvalue weighted by Gasteiger charge is -2.14. The van der Waals surface area contributed by atoms with Gasteiger partial charge in [-0.1, -0.05) is 0 Å². The molecular formula is C12H15N5. The first-order valence-electron chi connectivity index (χ1n) is 5.51. The highest BCUT2D eigenvalue weighted by atomic mass is 15.2. The Morgan fingerprint density at radius 3 is 2.59 bits per heavy atom. The van der Waals surface area contributed by atoms with Crippen molar-refractivity contribution in [3.8, 4) is 0 Å². The molecule has 1 unspecified atom stereocenters. The smallest absolute Gasteiger partial charge is 0.0769 e. The summed E-state index contributed by atoms with van der Waals surface area (Å²) in [6.45, 7) is 0. The second-order valence-corrected chi connectivity index (χ2v) is 3.74. The number of aryl methyl sites for hydroxylation is 1. The summed E-state index contributed by atoms with van der Waals surface area (Å²) < 4.78 is 0. The van der Waals surface area contributed by atoms with Crippen molar-refractivity contribution in [1.29, 1.82) is 0 Å². The first-order valence-corrected chi connectivity index (χ1v) is 5.51. The van der Waals surface area contributed by atoms with Gasteiger partial charge in [0.05, 0.1) is 17.9 Å². The number of rotatable bonds is 5. The Balaban J connectivity index is 1.97. The van der Waals surface area contributed by atoms with Crippen LogP contribution in [-0.4, -0.2) is 15.0 Å². The Bertz CT molecular complexity index is 431. The normalized spacial score (nSPS) is 12.3. The fourth-order valence-electron chi connectivity index (χ4n) is 1.67. The number of hydrogen-bond donors (Lipinski definition) is 2. The highest BCUT2D eigenvalue weighted by Crippen LogP contribution is 2.15. The monoisotopic (exact) mass is 229 g/mol. The summed E-state index contributed by atoms with van der Waals surface area (Å²) in [5.41, 5.74) is 4.88. The second-order valence-electron chi connectivity index (χ2n) is 3.74. The molecule has 88 valence electrons. The van der Waals surface area contributed by atoms with Gasteiger partial charge in [-0.2, -0.15) is 0 Å². The van der Waals surface area contributed by atoms with Gasteiger partial charge in [-0.05, 0) is 30.5 Å². The molecule has 5 heteroatoms. The summed E-state index contributed by atoms with van der Waals surface area (Å²) in [4.78, 5) is 12.3. The van der Waals surface area contributed by atoms with Crippen LogP contribution < -0.4 is 11.3 Å². The van der Waals surface area contributed by atoms with Crippen LogP contribution in [-0.2, 0) is 6.42 Å². The zero-order chi connectivity index (χ0) is 11.9. The largest absolute Gasteiger partial charge is 0.271 e. The van der Waals surface area contributed by atoms with Crippen molar-refractivity contribution in [2.24, 2.45) is 5.84 Å². The van der Waals surface area contributed by atoms with E-state index >= 15 is 0 Å². The number of nitrogens with zero attached hydrogens (tertiary/aromatic N) is 3. The number of hydrogen-bond acceptors (Lipinski definition) is 5. The van der Waals surface area contributed by atoms with E-state index in [9.17, 15) is 0 Å². The zero-order valence-corrected chi connectivity index (χ0v) is 9.45. The van der Waals surface area contributed by atoms with Crippen LogP contribution in [0.4, 0.5) is 0 Å². The number of nitrogens with two attached hydrogens (primary N) is 1. The Kier molecular flexibility index (Phi) is 4.12.